The average molecular weight is 313 g/mol. The van der Waals surface area contributed by atoms with Crippen molar-refractivity contribution < 1.29 is 26.4 Å². The molecule has 0 spiro atoms. The molecule has 0 saturated heterocycles. The Morgan fingerprint density at radius 2 is 2.05 bits per heavy atom. The fraction of sp³-hybridized carbons (Fsp3) is 0.500. The van der Waals surface area contributed by atoms with E-state index >= 15 is 0 Å². The van der Waals surface area contributed by atoms with Crippen LogP contribution in [0.3, 0.4) is 0 Å². The molecule has 1 atom stereocenters. The van der Waals surface area contributed by atoms with Crippen LogP contribution in [0.25, 0.3) is 0 Å². The van der Waals surface area contributed by atoms with Crippen LogP contribution in [0.4, 0.5) is 13.2 Å². The van der Waals surface area contributed by atoms with Gasteiger partial charge in [0, 0.05) is 19.3 Å². The second-order valence-corrected chi connectivity index (χ2v) is 5.97. The second kappa shape index (κ2) is 5.44. The molecule has 0 aromatic carbocycles. The van der Waals surface area contributed by atoms with Crippen molar-refractivity contribution in [3.8, 4) is 0 Å². The lowest BCUT2D eigenvalue weighted by atomic mass is 10.2. The summed E-state index contributed by atoms with van der Waals surface area (Å²) in [7, 11) is -2.59. The van der Waals surface area contributed by atoms with Crippen LogP contribution >= 0.6 is 0 Å². The maximum atomic E-state index is 12.1. The molecule has 1 aromatic heterocycles. The standard InChI is InChI=1S/C10H14F3N3O3S/c1-6(4-10(11,12)13)15-9(17)8-3-7(5-16(8)2)20(14,18)19/h3,5-6H,4H2,1-2H3,(H,15,17)(H2,14,18,19). The van der Waals surface area contributed by atoms with Crippen LogP contribution in [-0.2, 0) is 17.1 Å². The summed E-state index contributed by atoms with van der Waals surface area (Å²) in [5, 5.41) is 7.04. The fourth-order valence-electron chi connectivity index (χ4n) is 1.61. The summed E-state index contributed by atoms with van der Waals surface area (Å²) in [5.41, 5.74) is -0.0944. The maximum absolute atomic E-state index is 12.1. The molecule has 6 nitrogen and oxygen atoms in total. The molecule has 0 radical (unpaired) electrons. The fourth-order valence-corrected chi connectivity index (χ4v) is 2.19. The minimum absolute atomic E-state index is 0.0944. The van der Waals surface area contributed by atoms with E-state index in [0.717, 1.165) is 12.3 Å². The summed E-state index contributed by atoms with van der Waals surface area (Å²) < 4.78 is 59.8. The van der Waals surface area contributed by atoms with Crippen molar-refractivity contribution in [3.05, 3.63) is 18.0 Å². The Labute approximate surface area is 113 Å². The second-order valence-electron chi connectivity index (χ2n) is 4.41. The lowest BCUT2D eigenvalue weighted by Crippen LogP contribution is -2.36. The van der Waals surface area contributed by atoms with E-state index in [9.17, 15) is 26.4 Å². The van der Waals surface area contributed by atoms with Gasteiger partial charge in [-0.2, -0.15) is 13.2 Å². The van der Waals surface area contributed by atoms with Gasteiger partial charge in [0.05, 0.1) is 6.42 Å². The third-order valence-corrected chi connectivity index (χ3v) is 3.34. The molecule has 0 aliphatic heterocycles. The SMILES string of the molecule is CC(CC(F)(F)F)NC(=O)c1cc(S(N)(=O)=O)cn1C. The zero-order valence-electron chi connectivity index (χ0n) is 10.7. The summed E-state index contributed by atoms with van der Waals surface area (Å²) in [6.45, 7) is 1.20. The topological polar surface area (TPSA) is 94.2 Å². The molecule has 0 fully saturated rings. The number of sulfonamides is 1. The molecule has 1 rings (SSSR count). The van der Waals surface area contributed by atoms with Crippen molar-refractivity contribution in [1.29, 1.82) is 0 Å². The summed E-state index contributed by atoms with van der Waals surface area (Å²) in [5.74, 6) is -0.806. The molecule has 3 N–H and O–H groups in total. The number of halogens is 3. The average Bonchev–Trinajstić information content (AvgIpc) is 2.56. The number of nitrogens with zero attached hydrogens (tertiary/aromatic N) is 1. The highest BCUT2D eigenvalue weighted by atomic mass is 32.2. The molecule has 10 heteroatoms. The molecule has 0 saturated carbocycles. The summed E-state index contributed by atoms with van der Waals surface area (Å²) in [6.07, 6.45) is -4.46. The molecule has 0 aliphatic carbocycles. The summed E-state index contributed by atoms with van der Waals surface area (Å²) >= 11 is 0. The Morgan fingerprint density at radius 3 is 2.45 bits per heavy atom. The van der Waals surface area contributed by atoms with E-state index in [2.05, 4.69) is 5.32 Å². The molecular weight excluding hydrogens is 299 g/mol. The number of nitrogens with two attached hydrogens (primary N) is 1. The molecule has 1 aromatic rings. The first-order chi connectivity index (χ1) is 8.90. The number of hydrogen-bond acceptors (Lipinski definition) is 3. The number of nitrogens with one attached hydrogen (secondary N) is 1. The van der Waals surface area contributed by atoms with Gasteiger partial charge in [-0.1, -0.05) is 0 Å². The zero-order valence-corrected chi connectivity index (χ0v) is 11.5. The summed E-state index contributed by atoms with van der Waals surface area (Å²) in [6, 6.07) is -0.124. The van der Waals surface area contributed by atoms with Crippen LogP contribution in [0.5, 0.6) is 0 Å². The van der Waals surface area contributed by atoms with Crippen LogP contribution in [0.15, 0.2) is 17.2 Å². The molecular formula is C10H14F3N3O3S. The largest absolute Gasteiger partial charge is 0.391 e. The molecule has 114 valence electrons. The quantitative estimate of drug-likeness (QED) is 0.858. The number of carbonyl (C=O) groups is 1. The first-order valence-corrected chi connectivity index (χ1v) is 7.01. The van der Waals surface area contributed by atoms with Crippen molar-refractivity contribution in [2.45, 2.75) is 30.5 Å². The molecule has 20 heavy (non-hydrogen) atoms. The van der Waals surface area contributed by atoms with Crippen molar-refractivity contribution in [2.75, 3.05) is 0 Å². The Morgan fingerprint density at radius 1 is 1.50 bits per heavy atom. The number of alkyl halides is 3. The van der Waals surface area contributed by atoms with Crippen molar-refractivity contribution in [1.82, 2.24) is 9.88 Å². The number of aromatic nitrogens is 1. The van der Waals surface area contributed by atoms with Gasteiger partial charge in [0.15, 0.2) is 0 Å². The Hall–Kier alpha value is -1.55. The number of carbonyl (C=O) groups excluding carboxylic acids is 1. The zero-order chi connectivity index (χ0) is 15.7. The highest BCUT2D eigenvalue weighted by molar-refractivity contribution is 7.89. The van der Waals surface area contributed by atoms with Crippen molar-refractivity contribution in [2.24, 2.45) is 12.2 Å². The van der Waals surface area contributed by atoms with E-state index in [-0.39, 0.29) is 10.6 Å². The van der Waals surface area contributed by atoms with E-state index in [1.807, 2.05) is 0 Å². The number of amides is 1. The Bertz CT molecular complexity index is 607. The number of rotatable bonds is 4. The highest BCUT2D eigenvalue weighted by Gasteiger charge is 2.31. The molecule has 0 bridgehead atoms. The highest BCUT2D eigenvalue weighted by Crippen LogP contribution is 2.21. The van der Waals surface area contributed by atoms with Crippen molar-refractivity contribution in [3.63, 3.8) is 0 Å². The third kappa shape index (κ3) is 4.53. The maximum Gasteiger partial charge on any atom is 0.391 e. The lowest BCUT2D eigenvalue weighted by Gasteiger charge is -2.15. The van der Waals surface area contributed by atoms with E-state index in [1.165, 1.54) is 18.5 Å². The number of hydrogen-bond donors (Lipinski definition) is 2. The summed E-state index contributed by atoms with van der Waals surface area (Å²) in [4.78, 5) is 11.5. The Balaban J connectivity index is 2.86. The van der Waals surface area contributed by atoms with Gasteiger partial charge in [0.1, 0.15) is 10.6 Å². The third-order valence-electron chi connectivity index (χ3n) is 2.46. The van der Waals surface area contributed by atoms with Crippen LogP contribution in [-0.4, -0.2) is 31.1 Å². The first kappa shape index (κ1) is 16.5. The monoisotopic (exact) mass is 313 g/mol. The normalized spacial score (nSPS) is 14.1. The molecule has 1 amide bonds. The van der Waals surface area contributed by atoms with Gasteiger partial charge < -0.3 is 9.88 Å². The van der Waals surface area contributed by atoms with Gasteiger partial charge in [-0.3, -0.25) is 4.79 Å². The number of primary sulfonamides is 1. The van der Waals surface area contributed by atoms with Gasteiger partial charge in [-0.25, -0.2) is 13.6 Å². The van der Waals surface area contributed by atoms with Gasteiger partial charge >= 0.3 is 6.18 Å². The minimum atomic E-state index is -4.40. The predicted molar refractivity (Wildman–Crippen MR) is 64.4 cm³/mol. The lowest BCUT2D eigenvalue weighted by molar-refractivity contribution is -0.138. The van der Waals surface area contributed by atoms with E-state index in [1.54, 1.807) is 0 Å². The predicted octanol–water partition coefficient (Wildman–Crippen LogP) is 0.743. The van der Waals surface area contributed by atoms with Crippen LogP contribution in [0, 0.1) is 0 Å². The van der Waals surface area contributed by atoms with Crippen molar-refractivity contribution >= 4 is 15.9 Å². The minimum Gasteiger partial charge on any atom is -0.348 e. The Kier molecular flexibility index (Phi) is 4.49. The van der Waals surface area contributed by atoms with Gasteiger partial charge in [0.2, 0.25) is 10.0 Å². The van der Waals surface area contributed by atoms with Gasteiger partial charge in [-0.15, -0.1) is 0 Å². The smallest absolute Gasteiger partial charge is 0.348 e. The van der Waals surface area contributed by atoms with E-state index in [4.69, 9.17) is 5.14 Å². The van der Waals surface area contributed by atoms with Gasteiger partial charge in [-0.05, 0) is 13.0 Å². The molecule has 1 heterocycles. The first-order valence-electron chi connectivity index (χ1n) is 5.47. The molecule has 0 aliphatic rings. The van der Waals surface area contributed by atoms with Crippen LogP contribution in [0.1, 0.15) is 23.8 Å². The van der Waals surface area contributed by atoms with Gasteiger partial charge in [0.25, 0.3) is 5.91 Å². The molecule has 1 unspecified atom stereocenters. The van der Waals surface area contributed by atoms with Crippen LogP contribution in [0.2, 0.25) is 0 Å². The van der Waals surface area contributed by atoms with E-state index in [0.29, 0.717) is 0 Å². The number of aryl methyl sites for hydroxylation is 1. The van der Waals surface area contributed by atoms with Crippen LogP contribution < -0.4 is 10.5 Å². The van der Waals surface area contributed by atoms with E-state index < -0.39 is 34.6 Å².